The first-order chi connectivity index (χ1) is 9.53. The molecule has 7 heteroatoms. The maximum Gasteiger partial charge on any atom is 0.338 e. The second kappa shape index (κ2) is 7.68. The molecule has 0 saturated carbocycles. The largest absolute Gasteiger partial charge is 0.462 e. The molecule has 0 aliphatic rings. The van der Waals surface area contributed by atoms with Crippen molar-refractivity contribution < 1.29 is 9.53 Å². The van der Waals surface area contributed by atoms with Crippen molar-refractivity contribution in [1.82, 2.24) is 0 Å². The van der Waals surface area contributed by atoms with E-state index in [-0.39, 0.29) is 5.57 Å². The fourth-order valence-corrected chi connectivity index (χ4v) is 2.69. The maximum absolute atomic E-state index is 11.6. The number of carbonyl (C=O) groups excluding carboxylic acids is 1. The highest BCUT2D eigenvalue weighted by Crippen LogP contribution is 2.33. The number of anilines is 1. The van der Waals surface area contributed by atoms with Crippen LogP contribution in [-0.4, -0.2) is 12.6 Å². The van der Waals surface area contributed by atoms with E-state index in [1.807, 2.05) is 0 Å². The molecule has 102 valence electrons. The molecule has 0 aliphatic heterocycles. The molecule has 0 aromatic heterocycles. The molecule has 0 atom stereocenters. The number of nitrogens with one attached hydrogen (secondary N) is 1. The molecule has 1 aromatic carbocycles. The number of nitriles is 2. The van der Waals surface area contributed by atoms with Crippen LogP contribution >= 0.6 is 31.9 Å². The zero-order chi connectivity index (χ0) is 15.1. The zero-order valence-corrected chi connectivity index (χ0v) is 13.6. The Morgan fingerprint density at radius 1 is 1.35 bits per heavy atom. The van der Waals surface area contributed by atoms with E-state index in [1.165, 1.54) is 6.20 Å². The molecule has 1 rings (SSSR count). The molecule has 1 N–H and O–H groups in total. The van der Waals surface area contributed by atoms with Crippen molar-refractivity contribution in [3.63, 3.8) is 0 Å². The smallest absolute Gasteiger partial charge is 0.338 e. The number of ether oxygens (including phenoxy) is 1. The van der Waals surface area contributed by atoms with Crippen LogP contribution in [0.5, 0.6) is 0 Å². The average molecular weight is 399 g/mol. The predicted molar refractivity (Wildman–Crippen MR) is 80.7 cm³/mol. The van der Waals surface area contributed by atoms with Gasteiger partial charge in [-0.15, -0.1) is 0 Å². The van der Waals surface area contributed by atoms with Gasteiger partial charge in [-0.1, -0.05) is 0 Å². The molecule has 0 saturated heterocycles. The minimum atomic E-state index is -0.425. The Morgan fingerprint density at radius 2 is 1.90 bits per heavy atom. The average Bonchev–Trinajstić information content (AvgIpc) is 2.42. The van der Waals surface area contributed by atoms with Crippen LogP contribution in [0.2, 0.25) is 0 Å². The number of allylic oxidation sites excluding steroid dienone is 1. The molecule has 0 radical (unpaired) electrons. The molecule has 0 fully saturated rings. The standard InChI is InChI=1S/C13H9Br2N3O2/c1-2-20-13(19)9-3-10(14)12(11(15)4-9)18-7-8(5-16)6-17/h3-4,7,18H,2H2,1H3. The Hall–Kier alpha value is -1.83. The molecule has 0 aliphatic carbocycles. The van der Waals surface area contributed by atoms with Crippen LogP contribution in [0.4, 0.5) is 5.69 Å². The van der Waals surface area contributed by atoms with Gasteiger partial charge in [0.15, 0.2) is 0 Å². The third-order valence-corrected chi connectivity index (χ3v) is 3.41. The highest BCUT2D eigenvalue weighted by molar-refractivity contribution is 9.11. The molecular weight excluding hydrogens is 390 g/mol. The molecule has 0 unspecified atom stereocenters. The van der Waals surface area contributed by atoms with Crippen molar-refractivity contribution in [2.45, 2.75) is 6.92 Å². The first-order valence-corrected chi connectivity index (χ1v) is 7.05. The Balaban J connectivity index is 3.08. The summed E-state index contributed by atoms with van der Waals surface area (Å²) in [5.74, 6) is -0.425. The SMILES string of the molecule is CCOC(=O)c1cc(Br)c(NC=C(C#N)C#N)c(Br)c1. The van der Waals surface area contributed by atoms with E-state index in [4.69, 9.17) is 15.3 Å². The second-order valence-corrected chi connectivity index (χ2v) is 5.17. The Morgan fingerprint density at radius 3 is 2.35 bits per heavy atom. The number of halogens is 2. The Kier molecular flexibility index (Phi) is 6.23. The summed E-state index contributed by atoms with van der Waals surface area (Å²) in [4.78, 5) is 11.6. The molecule has 1 aromatic rings. The van der Waals surface area contributed by atoms with Gasteiger partial charge in [-0.05, 0) is 50.9 Å². The summed E-state index contributed by atoms with van der Waals surface area (Å²) in [6.45, 7) is 2.03. The zero-order valence-electron chi connectivity index (χ0n) is 10.4. The van der Waals surface area contributed by atoms with Gasteiger partial charge in [0.05, 0.1) is 17.9 Å². The van der Waals surface area contributed by atoms with Crippen LogP contribution in [0.25, 0.3) is 0 Å². The van der Waals surface area contributed by atoms with Crippen molar-refractivity contribution in [1.29, 1.82) is 10.5 Å². The molecular formula is C13H9Br2N3O2. The first kappa shape index (κ1) is 16.2. The number of nitrogens with zero attached hydrogens (tertiary/aromatic N) is 2. The highest BCUT2D eigenvalue weighted by Gasteiger charge is 2.12. The van der Waals surface area contributed by atoms with E-state index < -0.39 is 5.97 Å². The van der Waals surface area contributed by atoms with Gasteiger partial charge in [-0.3, -0.25) is 0 Å². The third-order valence-electron chi connectivity index (χ3n) is 2.15. The van der Waals surface area contributed by atoms with Crippen molar-refractivity contribution >= 4 is 43.5 Å². The first-order valence-electron chi connectivity index (χ1n) is 5.46. The second-order valence-electron chi connectivity index (χ2n) is 3.46. The van der Waals surface area contributed by atoms with Gasteiger partial charge >= 0.3 is 5.97 Å². The number of benzene rings is 1. The van der Waals surface area contributed by atoms with E-state index in [0.29, 0.717) is 26.8 Å². The van der Waals surface area contributed by atoms with Crippen molar-refractivity contribution in [3.8, 4) is 12.1 Å². The van der Waals surface area contributed by atoms with E-state index in [1.54, 1.807) is 31.2 Å². The predicted octanol–water partition coefficient (Wildman–Crippen LogP) is 3.73. The van der Waals surface area contributed by atoms with Crippen molar-refractivity contribution in [2.75, 3.05) is 11.9 Å². The van der Waals surface area contributed by atoms with E-state index in [2.05, 4.69) is 37.2 Å². The van der Waals surface area contributed by atoms with Crippen molar-refractivity contribution in [3.05, 3.63) is 38.4 Å². The molecule has 0 bridgehead atoms. The highest BCUT2D eigenvalue weighted by atomic mass is 79.9. The maximum atomic E-state index is 11.6. The van der Waals surface area contributed by atoms with Gasteiger partial charge in [-0.25, -0.2) is 4.79 Å². The number of carbonyl (C=O) groups is 1. The summed E-state index contributed by atoms with van der Waals surface area (Å²) >= 11 is 6.63. The van der Waals surface area contributed by atoms with Gasteiger partial charge in [0.1, 0.15) is 17.7 Å². The van der Waals surface area contributed by atoms with E-state index >= 15 is 0 Å². The van der Waals surface area contributed by atoms with Gasteiger partial charge in [0.2, 0.25) is 0 Å². The lowest BCUT2D eigenvalue weighted by atomic mass is 10.2. The van der Waals surface area contributed by atoms with Gasteiger partial charge < -0.3 is 10.1 Å². The molecule has 20 heavy (non-hydrogen) atoms. The Labute approximate surface area is 133 Å². The van der Waals surface area contributed by atoms with Crippen LogP contribution in [0.1, 0.15) is 17.3 Å². The fraction of sp³-hybridized carbons (Fsp3) is 0.154. The van der Waals surface area contributed by atoms with Gasteiger partial charge in [-0.2, -0.15) is 10.5 Å². The monoisotopic (exact) mass is 397 g/mol. The lowest BCUT2D eigenvalue weighted by molar-refractivity contribution is 0.0526. The summed E-state index contributed by atoms with van der Waals surface area (Å²) < 4.78 is 6.11. The lowest BCUT2D eigenvalue weighted by Gasteiger charge is -2.10. The van der Waals surface area contributed by atoms with Gasteiger partial charge in [0.25, 0.3) is 0 Å². The molecule has 0 spiro atoms. The Bertz CT molecular complexity index is 603. The van der Waals surface area contributed by atoms with Crippen molar-refractivity contribution in [2.24, 2.45) is 0 Å². The fourth-order valence-electron chi connectivity index (χ4n) is 1.28. The van der Waals surface area contributed by atoms with Crippen LogP contribution < -0.4 is 5.32 Å². The summed E-state index contributed by atoms with van der Waals surface area (Å²) in [5.41, 5.74) is 0.931. The van der Waals surface area contributed by atoms with Crippen LogP contribution in [0.3, 0.4) is 0 Å². The summed E-state index contributed by atoms with van der Waals surface area (Å²) in [5, 5.41) is 20.1. The minimum Gasteiger partial charge on any atom is -0.462 e. The molecule has 0 heterocycles. The van der Waals surface area contributed by atoms with Crippen LogP contribution in [-0.2, 0) is 4.74 Å². The quantitative estimate of drug-likeness (QED) is 0.616. The van der Waals surface area contributed by atoms with Crippen LogP contribution in [0.15, 0.2) is 32.9 Å². The summed E-state index contributed by atoms with van der Waals surface area (Å²) in [6.07, 6.45) is 1.29. The minimum absolute atomic E-state index is 0.0572. The number of esters is 1. The number of rotatable bonds is 4. The number of hydrogen-bond donors (Lipinski definition) is 1. The summed E-state index contributed by atoms with van der Waals surface area (Å²) in [7, 11) is 0. The molecule has 5 nitrogen and oxygen atoms in total. The van der Waals surface area contributed by atoms with Crippen LogP contribution in [0, 0.1) is 22.7 Å². The van der Waals surface area contributed by atoms with Gasteiger partial charge in [0, 0.05) is 15.1 Å². The third kappa shape index (κ3) is 4.09. The molecule has 0 amide bonds. The van der Waals surface area contributed by atoms with E-state index in [9.17, 15) is 4.79 Å². The number of hydrogen-bond acceptors (Lipinski definition) is 5. The lowest BCUT2D eigenvalue weighted by Crippen LogP contribution is -2.05. The normalized spacial score (nSPS) is 9.05. The topological polar surface area (TPSA) is 85.9 Å². The van der Waals surface area contributed by atoms with E-state index in [0.717, 1.165) is 0 Å². The summed E-state index contributed by atoms with van der Waals surface area (Å²) in [6, 6.07) is 6.67.